The molecule has 0 aliphatic heterocycles. The molecule has 18 heavy (non-hydrogen) atoms. The summed E-state index contributed by atoms with van der Waals surface area (Å²) >= 11 is 0. The molecule has 0 aliphatic rings. The zero-order chi connectivity index (χ0) is 14.1. The Morgan fingerprint density at radius 1 is 1.28 bits per heavy atom. The Morgan fingerprint density at radius 2 is 1.83 bits per heavy atom. The molecule has 1 aromatic heterocycles. The third-order valence-electron chi connectivity index (χ3n) is 3.34. The van der Waals surface area contributed by atoms with Gasteiger partial charge in [0.25, 0.3) is 0 Å². The first kappa shape index (κ1) is 15.1. The fourth-order valence-electron chi connectivity index (χ4n) is 1.59. The SMILES string of the molecule is CC(N(C)Cc1nc(C(C)(C)N)no1)C(C)(C)C. The molecule has 0 aromatic carbocycles. The lowest BCUT2D eigenvalue weighted by Gasteiger charge is -2.34. The molecule has 5 nitrogen and oxygen atoms in total. The Morgan fingerprint density at radius 3 is 2.22 bits per heavy atom. The van der Waals surface area contributed by atoms with Crippen LogP contribution in [0.25, 0.3) is 0 Å². The maximum Gasteiger partial charge on any atom is 0.240 e. The van der Waals surface area contributed by atoms with Gasteiger partial charge in [-0.25, -0.2) is 0 Å². The molecule has 1 atom stereocenters. The van der Waals surface area contributed by atoms with Crippen LogP contribution in [0.2, 0.25) is 0 Å². The van der Waals surface area contributed by atoms with Gasteiger partial charge in [-0.3, -0.25) is 4.90 Å². The summed E-state index contributed by atoms with van der Waals surface area (Å²) in [6.45, 7) is 13.2. The van der Waals surface area contributed by atoms with Crippen molar-refractivity contribution in [3.63, 3.8) is 0 Å². The molecule has 0 spiro atoms. The molecule has 0 saturated heterocycles. The van der Waals surface area contributed by atoms with Crippen molar-refractivity contribution >= 4 is 0 Å². The van der Waals surface area contributed by atoms with Gasteiger partial charge >= 0.3 is 0 Å². The molecule has 0 radical (unpaired) electrons. The average molecular weight is 254 g/mol. The Labute approximate surface area is 110 Å². The van der Waals surface area contributed by atoms with Crippen molar-refractivity contribution in [3.05, 3.63) is 11.7 Å². The van der Waals surface area contributed by atoms with E-state index in [0.29, 0.717) is 24.3 Å². The maximum absolute atomic E-state index is 5.93. The van der Waals surface area contributed by atoms with Gasteiger partial charge in [0.15, 0.2) is 5.82 Å². The first-order valence-electron chi connectivity index (χ1n) is 6.34. The van der Waals surface area contributed by atoms with Crippen LogP contribution in [0.1, 0.15) is 53.3 Å². The van der Waals surface area contributed by atoms with E-state index in [0.717, 1.165) is 0 Å². The van der Waals surface area contributed by atoms with Gasteiger partial charge in [-0.2, -0.15) is 4.98 Å². The maximum atomic E-state index is 5.93. The molecule has 1 aromatic rings. The van der Waals surface area contributed by atoms with Gasteiger partial charge in [-0.05, 0) is 33.2 Å². The van der Waals surface area contributed by atoms with Gasteiger partial charge in [-0.1, -0.05) is 25.9 Å². The van der Waals surface area contributed by atoms with Gasteiger partial charge in [0, 0.05) is 6.04 Å². The third kappa shape index (κ3) is 3.78. The molecule has 2 N–H and O–H groups in total. The number of hydrogen-bond donors (Lipinski definition) is 1. The second-order valence-corrected chi connectivity index (χ2v) is 6.69. The zero-order valence-electron chi connectivity index (χ0n) is 12.6. The third-order valence-corrected chi connectivity index (χ3v) is 3.34. The van der Waals surface area contributed by atoms with Crippen molar-refractivity contribution in [2.75, 3.05) is 7.05 Å². The van der Waals surface area contributed by atoms with Gasteiger partial charge in [-0.15, -0.1) is 0 Å². The topological polar surface area (TPSA) is 68.2 Å². The Hall–Kier alpha value is -0.940. The monoisotopic (exact) mass is 254 g/mol. The zero-order valence-corrected chi connectivity index (χ0v) is 12.6. The molecular weight excluding hydrogens is 228 g/mol. The lowest BCUT2D eigenvalue weighted by atomic mass is 9.87. The number of nitrogens with two attached hydrogens (primary N) is 1. The molecule has 0 aliphatic carbocycles. The first-order chi connectivity index (χ1) is 8.01. The highest BCUT2D eigenvalue weighted by molar-refractivity contribution is 4.99. The molecule has 0 saturated carbocycles. The van der Waals surface area contributed by atoms with Crippen molar-refractivity contribution in [3.8, 4) is 0 Å². The molecule has 104 valence electrons. The van der Waals surface area contributed by atoms with Crippen molar-refractivity contribution in [1.82, 2.24) is 15.0 Å². The van der Waals surface area contributed by atoms with Crippen LogP contribution >= 0.6 is 0 Å². The van der Waals surface area contributed by atoms with Crippen molar-refractivity contribution in [1.29, 1.82) is 0 Å². The van der Waals surface area contributed by atoms with E-state index < -0.39 is 5.54 Å². The summed E-state index contributed by atoms with van der Waals surface area (Å²) in [5, 5.41) is 3.92. The summed E-state index contributed by atoms with van der Waals surface area (Å²) in [6, 6.07) is 0.415. The fourth-order valence-corrected chi connectivity index (χ4v) is 1.59. The molecule has 1 rings (SSSR count). The highest BCUT2D eigenvalue weighted by atomic mass is 16.5. The lowest BCUT2D eigenvalue weighted by molar-refractivity contribution is 0.122. The van der Waals surface area contributed by atoms with Crippen LogP contribution in [0.5, 0.6) is 0 Å². The molecule has 5 heteroatoms. The second-order valence-electron chi connectivity index (χ2n) is 6.69. The molecule has 0 amide bonds. The number of rotatable bonds is 4. The summed E-state index contributed by atoms with van der Waals surface area (Å²) in [7, 11) is 2.06. The summed E-state index contributed by atoms with van der Waals surface area (Å²) in [6.07, 6.45) is 0. The van der Waals surface area contributed by atoms with Gasteiger partial charge in [0.05, 0.1) is 12.1 Å². The van der Waals surface area contributed by atoms with Crippen LogP contribution in [0.3, 0.4) is 0 Å². The molecule has 1 heterocycles. The van der Waals surface area contributed by atoms with Gasteiger partial charge in [0.1, 0.15) is 0 Å². The quantitative estimate of drug-likeness (QED) is 0.891. The second kappa shape index (κ2) is 4.97. The lowest BCUT2D eigenvalue weighted by Crippen LogP contribution is -2.38. The van der Waals surface area contributed by atoms with Crippen LogP contribution in [-0.4, -0.2) is 28.1 Å². The van der Waals surface area contributed by atoms with E-state index in [1.807, 2.05) is 13.8 Å². The predicted octanol–water partition coefficient (Wildman–Crippen LogP) is 2.13. The van der Waals surface area contributed by atoms with E-state index in [4.69, 9.17) is 10.3 Å². The molecule has 0 bridgehead atoms. The standard InChI is InChI=1S/C13H26N4O/c1-9(12(2,3)4)17(7)8-10-15-11(16-18-10)13(5,6)14/h9H,8,14H2,1-7H3. The summed E-state index contributed by atoms with van der Waals surface area (Å²) in [4.78, 5) is 6.55. The van der Waals surface area contributed by atoms with E-state index in [1.165, 1.54) is 0 Å². The normalized spacial score (nSPS) is 15.2. The average Bonchev–Trinajstić information content (AvgIpc) is 2.62. The first-order valence-corrected chi connectivity index (χ1v) is 6.34. The minimum absolute atomic E-state index is 0.213. The van der Waals surface area contributed by atoms with Crippen LogP contribution in [-0.2, 0) is 12.1 Å². The minimum Gasteiger partial charge on any atom is -0.338 e. The van der Waals surface area contributed by atoms with Crippen molar-refractivity contribution < 1.29 is 4.52 Å². The highest BCUT2D eigenvalue weighted by Gasteiger charge is 2.26. The van der Waals surface area contributed by atoms with Crippen molar-refractivity contribution in [2.24, 2.45) is 11.1 Å². The minimum atomic E-state index is -0.560. The number of nitrogens with zero attached hydrogens (tertiary/aromatic N) is 3. The molecule has 1 unspecified atom stereocenters. The van der Waals surface area contributed by atoms with Crippen LogP contribution < -0.4 is 5.73 Å². The Kier molecular flexibility index (Phi) is 4.18. The van der Waals surface area contributed by atoms with E-state index in [-0.39, 0.29) is 5.41 Å². The highest BCUT2D eigenvalue weighted by Crippen LogP contribution is 2.24. The van der Waals surface area contributed by atoms with E-state index in [9.17, 15) is 0 Å². The van der Waals surface area contributed by atoms with Crippen molar-refractivity contribution in [2.45, 2.75) is 59.7 Å². The predicted molar refractivity (Wildman–Crippen MR) is 71.9 cm³/mol. The number of aromatic nitrogens is 2. The van der Waals surface area contributed by atoms with E-state index in [2.05, 4.69) is 49.8 Å². The van der Waals surface area contributed by atoms with Gasteiger partial charge in [0.2, 0.25) is 5.89 Å². The van der Waals surface area contributed by atoms with E-state index in [1.54, 1.807) is 0 Å². The molecular formula is C13H26N4O. The number of hydrogen-bond acceptors (Lipinski definition) is 5. The van der Waals surface area contributed by atoms with Gasteiger partial charge < -0.3 is 10.3 Å². The van der Waals surface area contributed by atoms with Crippen LogP contribution in [0, 0.1) is 5.41 Å². The summed E-state index contributed by atoms with van der Waals surface area (Å²) < 4.78 is 5.24. The fraction of sp³-hybridized carbons (Fsp3) is 0.846. The van der Waals surface area contributed by atoms with Crippen LogP contribution in [0.4, 0.5) is 0 Å². The van der Waals surface area contributed by atoms with E-state index >= 15 is 0 Å². The smallest absolute Gasteiger partial charge is 0.240 e. The molecule has 0 fully saturated rings. The van der Waals surface area contributed by atoms with Crippen LogP contribution in [0.15, 0.2) is 4.52 Å². The summed E-state index contributed by atoms with van der Waals surface area (Å²) in [5.74, 6) is 1.16. The largest absolute Gasteiger partial charge is 0.338 e. The summed E-state index contributed by atoms with van der Waals surface area (Å²) in [5.41, 5.74) is 5.58. The Balaban J connectivity index is 2.71. The Bertz CT molecular complexity index is 386.